The van der Waals surface area contributed by atoms with Crippen LogP contribution in [0.1, 0.15) is 11.1 Å². The summed E-state index contributed by atoms with van der Waals surface area (Å²) in [4.78, 5) is 12.4. The summed E-state index contributed by atoms with van der Waals surface area (Å²) in [6.45, 7) is 3.99. The van der Waals surface area contributed by atoms with Crippen LogP contribution in [0.2, 0.25) is 0 Å². The van der Waals surface area contributed by atoms with Crippen LogP contribution in [0.5, 0.6) is 0 Å². The average molecular weight is 384 g/mol. The van der Waals surface area contributed by atoms with Crippen molar-refractivity contribution in [3.05, 3.63) is 83.9 Å². The second kappa shape index (κ2) is 7.98. The van der Waals surface area contributed by atoms with E-state index in [4.69, 9.17) is 4.42 Å². The Balaban J connectivity index is 1.49. The lowest BCUT2D eigenvalue weighted by molar-refractivity contribution is 0.262. The van der Waals surface area contributed by atoms with Crippen LogP contribution in [0, 0.1) is 13.8 Å². The molecular formula is C23H20N4O2. The summed E-state index contributed by atoms with van der Waals surface area (Å²) in [7, 11) is 0. The minimum atomic E-state index is -0.317. The Morgan fingerprint density at radius 2 is 1.34 bits per heavy atom. The van der Waals surface area contributed by atoms with Crippen molar-refractivity contribution in [3.8, 4) is 22.9 Å². The van der Waals surface area contributed by atoms with Gasteiger partial charge in [-0.1, -0.05) is 30.3 Å². The largest absolute Gasteiger partial charge is 0.416 e. The number of rotatable bonds is 4. The van der Waals surface area contributed by atoms with E-state index in [1.165, 1.54) is 0 Å². The zero-order valence-electron chi connectivity index (χ0n) is 16.1. The number of urea groups is 1. The Bertz CT molecular complexity index is 1130. The van der Waals surface area contributed by atoms with Crippen LogP contribution >= 0.6 is 0 Å². The van der Waals surface area contributed by atoms with Crippen LogP contribution in [0.25, 0.3) is 22.9 Å². The summed E-state index contributed by atoms with van der Waals surface area (Å²) in [6.07, 6.45) is 0. The molecule has 0 atom stereocenters. The highest BCUT2D eigenvalue weighted by molar-refractivity contribution is 6.00. The van der Waals surface area contributed by atoms with Crippen molar-refractivity contribution in [1.82, 2.24) is 10.2 Å². The molecular weight excluding hydrogens is 364 g/mol. The molecule has 0 radical (unpaired) electrons. The Morgan fingerprint density at radius 3 is 2.07 bits per heavy atom. The molecule has 0 aliphatic rings. The Kier molecular flexibility index (Phi) is 5.07. The summed E-state index contributed by atoms with van der Waals surface area (Å²) in [5.74, 6) is 0.841. The normalized spacial score (nSPS) is 10.6. The van der Waals surface area contributed by atoms with Crippen molar-refractivity contribution < 1.29 is 9.21 Å². The first-order chi connectivity index (χ1) is 14.1. The Hall–Kier alpha value is -3.93. The molecule has 3 aromatic carbocycles. The second-order valence-corrected chi connectivity index (χ2v) is 6.81. The van der Waals surface area contributed by atoms with Gasteiger partial charge in [-0.2, -0.15) is 0 Å². The fraction of sp³-hybridized carbons (Fsp3) is 0.0870. The highest BCUT2D eigenvalue weighted by Crippen LogP contribution is 2.25. The number of hydrogen-bond donors (Lipinski definition) is 2. The van der Waals surface area contributed by atoms with Gasteiger partial charge in [0, 0.05) is 22.5 Å². The Labute approximate surface area is 168 Å². The van der Waals surface area contributed by atoms with Gasteiger partial charge in [-0.05, 0) is 67.4 Å². The topological polar surface area (TPSA) is 80.0 Å². The highest BCUT2D eigenvalue weighted by atomic mass is 16.4. The van der Waals surface area contributed by atoms with E-state index in [2.05, 4.69) is 26.9 Å². The smallest absolute Gasteiger partial charge is 0.323 e. The third-order valence-corrected chi connectivity index (χ3v) is 4.29. The standard InChI is InChI=1S/C23H20N4O2/c1-15-11-16(2)13-20(12-15)25-23(28)24-19-10-6-9-18(14-19)22-27-26-21(29-22)17-7-4-3-5-8-17/h3-14H,1-2H3,(H2,24,25,28). The number of carbonyl (C=O) groups excluding carboxylic acids is 1. The van der Waals surface area contributed by atoms with Crippen LogP contribution in [0.4, 0.5) is 16.2 Å². The number of anilines is 2. The van der Waals surface area contributed by atoms with Gasteiger partial charge < -0.3 is 15.1 Å². The molecule has 0 aliphatic carbocycles. The van der Waals surface area contributed by atoms with Gasteiger partial charge in [-0.15, -0.1) is 10.2 Å². The van der Waals surface area contributed by atoms with Crippen LogP contribution in [0.3, 0.4) is 0 Å². The zero-order valence-corrected chi connectivity index (χ0v) is 16.1. The molecule has 1 heterocycles. The van der Waals surface area contributed by atoms with Crippen molar-refractivity contribution in [2.24, 2.45) is 0 Å². The molecule has 29 heavy (non-hydrogen) atoms. The number of amides is 2. The summed E-state index contributed by atoms with van der Waals surface area (Å²) in [5.41, 5.74) is 5.14. The lowest BCUT2D eigenvalue weighted by Crippen LogP contribution is -2.19. The number of aryl methyl sites for hydroxylation is 2. The van der Waals surface area contributed by atoms with Crippen LogP contribution in [0.15, 0.2) is 77.2 Å². The number of hydrogen-bond acceptors (Lipinski definition) is 4. The molecule has 1 aromatic heterocycles. The quantitative estimate of drug-likeness (QED) is 0.475. The maximum Gasteiger partial charge on any atom is 0.323 e. The lowest BCUT2D eigenvalue weighted by atomic mass is 10.1. The summed E-state index contributed by atoms with van der Waals surface area (Å²) >= 11 is 0. The van der Waals surface area contributed by atoms with Gasteiger partial charge in [-0.25, -0.2) is 4.79 Å². The molecule has 0 saturated heterocycles. The fourth-order valence-electron chi connectivity index (χ4n) is 3.11. The second-order valence-electron chi connectivity index (χ2n) is 6.81. The van der Waals surface area contributed by atoms with E-state index in [1.54, 1.807) is 12.1 Å². The number of carbonyl (C=O) groups is 1. The van der Waals surface area contributed by atoms with Crippen molar-refractivity contribution in [1.29, 1.82) is 0 Å². The lowest BCUT2D eigenvalue weighted by Gasteiger charge is -2.09. The van der Waals surface area contributed by atoms with Gasteiger partial charge in [0.1, 0.15) is 0 Å². The fourth-order valence-corrected chi connectivity index (χ4v) is 3.11. The molecule has 0 saturated carbocycles. The van der Waals surface area contributed by atoms with Gasteiger partial charge >= 0.3 is 6.03 Å². The van der Waals surface area contributed by atoms with Crippen molar-refractivity contribution >= 4 is 17.4 Å². The molecule has 0 fully saturated rings. The van der Waals surface area contributed by atoms with E-state index in [0.29, 0.717) is 17.5 Å². The molecule has 4 rings (SSSR count). The van der Waals surface area contributed by atoms with E-state index in [-0.39, 0.29) is 6.03 Å². The molecule has 6 nitrogen and oxygen atoms in total. The minimum absolute atomic E-state index is 0.317. The molecule has 4 aromatic rings. The van der Waals surface area contributed by atoms with E-state index < -0.39 is 0 Å². The summed E-state index contributed by atoms with van der Waals surface area (Å²) in [6, 6.07) is 22.4. The summed E-state index contributed by atoms with van der Waals surface area (Å²) < 4.78 is 5.79. The van der Waals surface area contributed by atoms with Gasteiger partial charge in [0.2, 0.25) is 11.8 Å². The first-order valence-corrected chi connectivity index (χ1v) is 9.22. The van der Waals surface area contributed by atoms with Crippen molar-refractivity contribution in [2.45, 2.75) is 13.8 Å². The SMILES string of the molecule is Cc1cc(C)cc(NC(=O)Nc2cccc(-c3nnc(-c4ccccc4)o3)c2)c1. The van der Waals surface area contributed by atoms with E-state index in [1.807, 2.05) is 68.4 Å². The predicted octanol–water partition coefficient (Wildman–Crippen LogP) is 5.66. The van der Waals surface area contributed by atoms with Gasteiger partial charge in [0.05, 0.1) is 0 Å². The molecule has 0 bridgehead atoms. The summed E-state index contributed by atoms with van der Waals surface area (Å²) in [5, 5.41) is 13.9. The molecule has 6 heteroatoms. The number of aromatic nitrogens is 2. The number of benzene rings is 3. The van der Waals surface area contributed by atoms with E-state index in [0.717, 1.165) is 27.9 Å². The minimum Gasteiger partial charge on any atom is -0.416 e. The average Bonchev–Trinajstić information content (AvgIpc) is 3.18. The molecule has 2 N–H and O–H groups in total. The van der Waals surface area contributed by atoms with E-state index >= 15 is 0 Å². The van der Waals surface area contributed by atoms with Crippen molar-refractivity contribution in [3.63, 3.8) is 0 Å². The number of nitrogens with zero attached hydrogens (tertiary/aromatic N) is 2. The van der Waals surface area contributed by atoms with Crippen LogP contribution in [-0.2, 0) is 0 Å². The van der Waals surface area contributed by atoms with E-state index in [9.17, 15) is 4.79 Å². The third kappa shape index (κ3) is 4.50. The van der Waals surface area contributed by atoms with Gasteiger partial charge in [-0.3, -0.25) is 0 Å². The molecule has 0 aliphatic heterocycles. The molecule has 0 unspecified atom stereocenters. The molecule has 0 spiro atoms. The Morgan fingerprint density at radius 1 is 0.724 bits per heavy atom. The first kappa shape index (κ1) is 18.4. The van der Waals surface area contributed by atoms with Crippen LogP contribution < -0.4 is 10.6 Å². The first-order valence-electron chi connectivity index (χ1n) is 9.22. The van der Waals surface area contributed by atoms with Crippen molar-refractivity contribution in [2.75, 3.05) is 10.6 Å². The third-order valence-electron chi connectivity index (χ3n) is 4.29. The predicted molar refractivity (Wildman–Crippen MR) is 114 cm³/mol. The maximum atomic E-state index is 12.4. The molecule has 144 valence electrons. The maximum absolute atomic E-state index is 12.4. The highest BCUT2D eigenvalue weighted by Gasteiger charge is 2.11. The van der Waals surface area contributed by atoms with Gasteiger partial charge in [0.15, 0.2) is 0 Å². The number of nitrogens with one attached hydrogen (secondary N) is 2. The monoisotopic (exact) mass is 384 g/mol. The zero-order chi connectivity index (χ0) is 20.2. The van der Waals surface area contributed by atoms with Crippen LogP contribution in [-0.4, -0.2) is 16.2 Å². The van der Waals surface area contributed by atoms with Gasteiger partial charge in [0.25, 0.3) is 0 Å². The molecule has 2 amide bonds.